The maximum Gasteiger partial charge on any atom is 0.151 e. The molecular weight excluding hydrogens is 372 g/mol. The van der Waals surface area contributed by atoms with E-state index in [0.29, 0.717) is 11.8 Å². The van der Waals surface area contributed by atoms with Crippen LogP contribution in [-0.2, 0) is 13.1 Å². The van der Waals surface area contributed by atoms with E-state index in [1.807, 2.05) is 25.3 Å². The van der Waals surface area contributed by atoms with E-state index >= 15 is 0 Å². The lowest BCUT2D eigenvalue weighted by Crippen LogP contribution is -2.17. The third-order valence-corrected chi connectivity index (χ3v) is 6.18. The number of benzene rings is 1. The molecule has 0 atom stereocenters. The van der Waals surface area contributed by atoms with Gasteiger partial charge in [0.05, 0.1) is 12.2 Å². The molecule has 3 heterocycles. The maximum atomic E-state index is 6.23. The van der Waals surface area contributed by atoms with Gasteiger partial charge >= 0.3 is 0 Å². The van der Waals surface area contributed by atoms with Gasteiger partial charge < -0.3 is 5.32 Å². The summed E-state index contributed by atoms with van der Waals surface area (Å²) in [5, 5.41) is 13.3. The Hall–Kier alpha value is -2.31. The van der Waals surface area contributed by atoms with Crippen LogP contribution in [0.1, 0.15) is 66.2 Å². The van der Waals surface area contributed by atoms with Crippen molar-refractivity contribution in [2.45, 2.75) is 57.5 Å². The highest BCUT2D eigenvalue weighted by Crippen LogP contribution is 2.40. The first kappa shape index (κ1) is 17.8. The van der Waals surface area contributed by atoms with Crippen LogP contribution in [0.15, 0.2) is 30.5 Å². The van der Waals surface area contributed by atoms with Gasteiger partial charge in [-0.2, -0.15) is 0 Å². The Morgan fingerprint density at radius 3 is 2.68 bits per heavy atom. The lowest BCUT2D eigenvalue weighted by Gasteiger charge is -2.28. The Morgan fingerprint density at radius 1 is 1.04 bits per heavy atom. The molecule has 1 N–H and O–H groups in total. The zero-order valence-electron chi connectivity index (χ0n) is 15.9. The smallest absolute Gasteiger partial charge is 0.151 e. The molecule has 7 heteroatoms. The number of rotatable bonds is 2. The zero-order valence-corrected chi connectivity index (χ0v) is 16.7. The summed E-state index contributed by atoms with van der Waals surface area (Å²) in [6.07, 6.45) is 6.31. The van der Waals surface area contributed by atoms with E-state index in [4.69, 9.17) is 11.6 Å². The summed E-state index contributed by atoms with van der Waals surface area (Å²) in [6, 6.07) is 8.15. The van der Waals surface area contributed by atoms with E-state index in [2.05, 4.69) is 42.2 Å². The molecule has 0 saturated heterocycles. The zero-order chi connectivity index (χ0) is 19.1. The summed E-state index contributed by atoms with van der Waals surface area (Å²) >= 11 is 6.23. The number of hydrogen-bond donors (Lipinski definition) is 1. The molecule has 5 rings (SSSR count). The van der Waals surface area contributed by atoms with Crippen LogP contribution in [0.4, 0.5) is 0 Å². The summed E-state index contributed by atoms with van der Waals surface area (Å²) in [4.78, 5) is 8.87. The summed E-state index contributed by atoms with van der Waals surface area (Å²) in [6.45, 7) is 3.46. The predicted molar refractivity (Wildman–Crippen MR) is 108 cm³/mol. The van der Waals surface area contributed by atoms with Crippen LogP contribution in [0.25, 0.3) is 5.69 Å². The highest BCUT2D eigenvalue weighted by molar-refractivity contribution is 6.30. The molecule has 3 aromatic rings. The molecular formula is C21H23ClN6. The van der Waals surface area contributed by atoms with Crippen molar-refractivity contribution in [1.29, 1.82) is 0 Å². The molecule has 1 aliphatic carbocycles. The topological polar surface area (TPSA) is 68.5 Å². The monoisotopic (exact) mass is 394 g/mol. The molecule has 1 saturated carbocycles. The van der Waals surface area contributed by atoms with Gasteiger partial charge in [0, 0.05) is 35.3 Å². The minimum Gasteiger partial charge on any atom is -0.306 e. The number of hydrogen-bond acceptors (Lipinski definition) is 5. The van der Waals surface area contributed by atoms with Crippen molar-refractivity contribution in [3.05, 3.63) is 64.2 Å². The average Bonchev–Trinajstić information content (AvgIpc) is 3.04. The van der Waals surface area contributed by atoms with Crippen LogP contribution in [0.5, 0.6) is 0 Å². The summed E-state index contributed by atoms with van der Waals surface area (Å²) in [7, 11) is 0. The Labute approximate surface area is 169 Å². The van der Waals surface area contributed by atoms with Gasteiger partial charge in [0.15, 0.2) is 5.82 Å². The molecule has 144 valence electrons. The molecule has 0 spiro atoms. The second-order valence-corrected chi connectivity index (χ2v) is 8.20. The molecule has 1 fully saturated rings. The molecule has 6 nitrogen and oxygen atoms in total. The summed E-state index contributed by atoms with van der Waals surface area (Å²) in [5.74, 6) is 3.84. The third-order valence-electron chi connectivity index (χ3n) is 5.94. The van der Waals surface area contributed by atoms with E-state index in [-0.39, 0.29) is 0 Å². The fourth-order valence-corrected chi connectivity index (χ4v) is 4.74. The van der Waals surface area contributed by atoms with E-state index in [1.54, 1.807) is 0 Å². The van der Waals surface area contributed by atoms with Crippen molar-refractivity contribution in [1.82, 2.24) is 30.0 Å². The van der Waals surface area contributed by atoms with E-state index in [9.17, 15) is 0 Å². The van der Waals surface area contributed by atoms with Crippen LogP contribution in [0.3, 0.4) is 0 Å². The lowest BCUT2D eigenvalue weighted by molar-refractivity contribution is 0.377. The molecule has 1 aliphatic heterocycles. The van der Waals surface area contributed by atoms with E-state index in [0.717, 1.165) is 67.0 Å². The fraction of sp³-hybridized carbons (Fsp3) is 0.429. The van der Waals surface area contributed by atoms with Gasteiger partial charge in [0.2, 0.25) is 0 Å². The van der Waals surface area contributed by atoms with Crippen molar-refractivity contribution in [3.8, 4) is 5.69 Å². The molecule has 2 aromatic heterocycles. The van der Waals surface area contributed by atoms with Gasteiger partial charge in [0.1, 0.15) is 11.6 Å². The van der Waals surface area contributed by atoms with Crippen molar-refractivity contribution >= 4 is 11.6 Å². The fourth-order valence-electron chi connectivity index (χ4n) is 4.54. The molecule has 0 radical (unpaired) electrons. The minimum atomic E-state index is 0.419. The van der Waals surface area contributed by atoms with E-state index < -0.39 is 0 Å². The van der Waals surface area contributed by atoms with Crippen molar-refractivity contribution in [3.63, 3.8) is 0 Å². The first-order chi connectivity index (χ1) is 13.7. The van der Waals surface area contributed by atoms with Gasteiger partial charge in [-0.15, -0.1) is 10.2 Å². The van der Waals surface area contributed by atoms with Gasteiger partial charge in [-0.05, 0) is 62.4 Å². The predicted octanol–water partition coefficient (Wildman–Crippen LogP) is 4.06. The van der Waals surface area contributed by atoms with Gasteiger partial charge in [-0.25, -0.2) is 9.97 Å². The highest BCUT2D eigenvalue weighted by atomic mass is 35.5. The van der Waals surface area contributed by atoms with Crippen molar-refractivity contribution < 1.29 is 0 Å². The number of fused-ring (bicyclic) bond motifs is 3. The maximum absolute atomic E-state index is 6.23. The Kier molecular flexibility index (Phi) is 4.61. The first-order valence-electron chi connectivity index (χ1n) is 9.92. The number of aryl methyl sites for hydroxylation is 1. The average molecular weight is 395 g/mol. The summed E-state index contributed by atoms with van der Waals surface area (Å²) in [5.41, 5.74) is 3.52. The molecule has 2 aliphatic rings. The molecule has 1 aromatic carbocycles. The molecule has 0 unspecified atom stereocenters. The van der Waals surface area contributed by atoms with Crippen LogP contribution in [0, 0.1) is 6.92 Å². The Balaban J connectivity index is 1.42. The van der Waals surface area contributed by atoms with Gasteiger partial charge in [0.25, 0.3) is 0 Å². The third kappa shape index (κ3) is 3.20. The first-order valence-corrected chi connectivity index (χ1v) is 10.3. The van der Waals surface area contributed by atoms with Gasteiger partial charge in [-0.3, -0.25) is 4.57 Å². The van der Waals surface area contributed by atoms with Crippen molar-refractivity contribution in [2.75, 3.05) is 0 Å². The highest BCUT2D eigenvalue weighted by Gasteiger charge is 2.30. The van der Waals surface area contributed by atoms with Gasteiger partial charge in [-0.1, -0.05) is 11.6 Å². The number of nitrogens with one attached hydrogen (secondary N) is 1. The van der Waals surface area contributed by atoms with Crippen LogP contribution in [0.2, 0.25) is 5.02 Å². The minimum absolute atomic E-state index is 0.419. The number of aromatic nitrogens is 5. The summed E-state index contributed by atoms with van der Waals surface area (Å²) < 4.78 is 2.26. The van der Waals surface area contributed by atoms with E-state index in [1.165, 1.54) is 11.3 Å². The molecule has 0 amide bonds. The van der Waals surface area contributed by atoms with Crippen LogP contribution >= 0.6 is 11.6 Å². The van der Waals surface area contributed by atoms with Crippen LogP contribution < -0.4 is 5.32 Å². The SMILES string of the molecule is Cc1nccc([C@H]2CC[C@H](c3nnc4n3-c3ccc(Cl)cc3CNC4)CC2)n1. The second kappa shape index (κ2) is 7.26. The standard InChI is InChI=1S/C21H23ClN6/c1-13-24-9-8-18(25-13)14-2-4-15(5-3-14)21-27-26-20-12-23-11-16-10-17(22)6-7-19(16)28(20)21/h6-10,14-15,23H,2-5,11-12H2,1H3/t14-,15-. The largest absolute Gasteiger partial charge is 0.306 e. The molecule has 28 heavy (non-hydrogen) atoms. The Morgan fingerprint density at radius 2 is 1.86 bits per heavy atom. The Bertz CT molecular complexity index is 1010. The molecule has 0 bridgehead atoms. The normalized spacial score (nSPS) is 21.6. The lowest BCUT2D eigenvalue weighted by atomic mass is 9.80. The number of halogens is 1. The van der Waals surface area contributed by atoms with Crippen LogP contribution in [-0.4, -0.2) is 24.7 Å². The quantitative estimate of drug-likeness (QED) is 0.709. The second-order valence-electron chi connectivity index (χ2n) is 7.76. The number of nitrogens with zero attached hydrogens (tertiary/aromatic N) is 5. The van der Waals surface area contributed by atoms with Crippen molar-refractivity contribution in [2.24, 2.45) is 0 Å².